The minimum absolute atomic E-state index is 0.233. The average Bonchev–Trinajstić information content (AvgIpc) is 1.88. The van der Waals surface area contributed by atoms with Gasteiger partial charge in [-0.15, -0.1) is 0 Å². The highest BCUT2D eigenvalue weighted by molar-refractivity contribution is 6.09. The van der Waals surface area contributed by atoms with Crippen LogP contribution in [0.15, 0.2) is 11.1 Å². The zero-order valence-electron chi connectivity index (χ0n) is 7.18. The summed E-state index contributed by atoms with van der Waals surface area (Å²) in [4.78, 5) is 11.0. The highest BCUT2D eigenvalue weighted by atomic mass is 28.1. The third-order valence-electron chi connectivity index (χ3n) is 1.28. The monoisotopic (exact) mass is 174 g/mol. The number of allylic oxidation sites excluding steroid dienone is 1. The van der Waals surface area contributed by atoms with E-state index in [1.54, 1.807) is 13.8 Å². The fraction of sp³-hybridized carbons (Fsp3) is 0.571. The minimum Gasteiger partial charge on any atom is -0.467 e. The summed E-state index contributed by atoms with van der Waals surface area (Å²) in [6, 6.07) is 0. The number of hydrogen-bond donors (Lipinski definition) is 1. The number of carbonyl (C=O) groups excluding carboxylic acids is 1. The van der Waals surface area contributed by atoms with Crippen molar-refractivity contribution >= 4 is 16.2 Å². The topological polar surface area (TPSA) is 46.5 Å². The maximum absolute atomic E-state index is 11.0. The van der Waals surface area contributed by atoms with Gasteiger partial charge in [-0.1, -0.05) is 5.57 Å². The summed E-state index contributed by atoms with van der Waals surface area (Å²) in [7, 11) is 0.834. The molecule has 0 heterocycles. The van der Waals surface area contributed by atoms with Gasteiger partial charge in [0.15, 0.2) is 0 Å². The molecule has 0 amide bonds. The quantitative estimate of drug-likeness (QED) is 0.345. The molecule has 1 N–H and O–H groups in total. The predicted octanol–water partition coefficient (Wildman–Crippen LogP) is -0.819. The van der Waals surface area contributed by atoms with Crippen LogP contribution < -0.4 is 0 Å². The van der Waals surface area contributed by atoms with E-state index in [4.69, 9.17) is 9.84 Å². The van der Waals surface area contributed by atoms with E-state index in [0.717, 1.165) is 15.8 Å². The molecule has 0 atom stereocenters. The average molecular weight is 174 g/mol. The summed E-state index contributed by atoms with van der Waals surface area (Å²) in [5, 5.41) is 8.75. The second-order valence-corrected chi connectivity index (χ2v) is 2.93. The van der Waals surface area contributed by atoms with Crippen molar-refractivity contribution < 1.29 is 14.6 Å². The lowest BCUT2D eigenvalue weighted by atomic mass is 10.2. The van der Waals surface area contributed by atoms with Crippen molar-refractivity contribution in [2.24, 2.45) is 0 Å². The van der Waals surface area contributed by atoms with Crippen molar-refractivity contribution in [3.05, 3.63) is 11.1 Å². The van der Waals surface area contributed by atoms with Crippen LogP contribution in [-0.4, -0.2) is 34.2 Å². The fourth-order valence-electron chi connectivity index (χ4n) is 0.645. The molecule has 0 aliphatic heterocycles. The largest absolute Gasteiger partial charge is 0.467 e. The Morgan fingerprint density at radius 3 is 2.36 bits per heavy atom. The number of rotatable bonds is 3. The van der Waals surface area contributed by atoms with Gasteiger partial charge >= 0.3 is 5.97 Å². The lowest BCUT2D eigenvalue weighted by molar-refractivity contribution is -0.137. The van der Waals surface area contributed by atoms with E-state index < -0.39 is 0 Å². The molecule has 4 heteroatoms. The molecule has 0 aliphatic carbocycles. The molecule has 11 heavy (non-hydrogen) atoms. The molecule has 64 valence electrons. The van der Waals surface area contributed by atoms with Crippen LogP contribution in [0.4, 0.5) is 0 Å². The van der Waals surface area contributed by atoms with E-state index in [1.807, 2.05) is 0 Å². The van der Waals surface area contributed by atoms with E-state index in [2.05, 4.69) is 0 Å². The van der Waals surface area contributed by atoms with Gasteiger partial charge in [0.1, 0.15) is 0 Å². The summed E-state index contributed by atoms with van der Waals surface area (Å²) in [6.07, 6.45) is 0.482. The molecule has 0 aromatic heterocycles. The first-order chi connectivity index (χ1) is 5.13. The molecule has 0 spiro atoms. The lowest BCUT2D eigenvalue weighted by Crippen LogP contribution is -2.12. The second kappa shape index (κ2) is 5.09. The van der Waals surface area contributed by atoms with Crippen molar-refractivity contribution in [3.63, 3.8) is 0 Å². The van der Waals surface area contributed by atoms with Crippen LogP contribution in [0.1, 0.15) is 13.8 Å². The van der Waals surface area contributed by atoms with Crippen LogP contribution in [-0.2, 0) is 9.53 Å². The number of hydrogen-bond acceptors (Lipinski definition) is 3. The number of carbonyl (C=O) groups is 1. The van der Waals surface area contributed by atoms with Crippen LogP contribution in [0.5, 0.6) is 0 Å². The molecule has 0 radical (unpaired) electrons. The number of esters is 1. The van der Waals surface area contributed by atoms with Gasteiger partial charge < -0.3 is 9.84 Å². The minimum atomic E-state index is -0.387. The first-order valence-electron chi connectivity index (χ1n) is 3.57. The maximum atomic E-state index is 11.0. The Kier molecular flexibility index (Phi) is 4.81. The second-order valence-electron chi connectivity index (χ2n) is 2.36. The summed E-state index contributed by atoms with van der Waals surface area (Å²) >= 11 is 0. The van der Waals surface area contributed by atoms with Crippen molar-refractivity contribution in [1.82, 2.24) is 0 Å². The van der Waals surface area contributed by atoms with Gasteiger partial charge in [-0.2, -0.15) is 0 Å². The van der Waals surface area contributed by atoms with Crippen LogP contribution >= 0.6 is 0 Å². The van der Waals surface area contributed by atoms with Gasteiger partial charge in [0.2, 0.25) is 0 Å². The molecule has 0 rings (SSSR count). The van der Waals surface area contributed by atoms with Crippen LogP contribution in [0, 0.1) is 0 Å². The van der Waals surface area contributed by atoms with Crippen molar-refractivity contribution in [2.75, 3.05) is 12.8 Å². The molecule has 0 aromatic carbocycles. The third kappa shape index (κ3) is 3.34. The molecule has 3 nitrogen and oxygen atoms in total. The molecule has 0 saturated heterocycles. The van der Waals surface area contributed by atoms with Crippen molar-refractivity contribution in [2.45, 2.75) is 13.8 Å². The van der Waals surface area contributed by atoms with Crippen molar-refractivity contribution in [3.8, 4) is 0 Å². The van der Waals surface area contributed by atoms with Gasteiger partial charge in [-0.3, -0.25) is 0 Å². The first-order valence-corrected chi connectivity index (χ1v) is 4.99. The molecule has 0 bridgehead atoms. The van der Waals surface area contributed by atoms with Gasteiger partial charge in [0.05, 0.1) is 28.7 Å². The Balaban J connectivity index is 4.28. The van der Waals surface area contributed by atoms with Gasteiger partial charge in [0, 0.05) is 0 Å². The smallest absolute Gasteiger partial charge is 0.335 e. The Morgan fingerprint density at radius 2 is 2.09 bits per heavy atom. The third-order valence-corrected chi connectivity index (χ3v) is 1.57. The van der Waals surface area contributed by atoms with E-state index >= 15 is 0 Å². The Labute approximate surface area is 69.5 Å². The Bertz CT molecular complexity index is 171. The molecule has 0 fully saturated rings. The normalized spacial score (nSPS) is 9.36. The zero-order chi connectivity index (χ0) is 8.85. The summed E-state index contributed by atoms with van der Waals surface area (Å²) in [5.74, 6) is -0.387. The SMILES string of the molecule is CC(C)=C(CO)C(=O)OC[SiH3]. The van der Waals surface area contributed by atoms with E-state index in [0.29, 0.717) is 11.8 Å². The van der Waals surface area contributed by atoms with E-state index in [-0.39, 0.29) is 12.6 Å². The van der Waals surface area contributed by atoms with Gasteiger partial charge in [-0.05, 0) is 13.8 Å². The molecular weight excluding hydrogens is 160 g/mol. The molecular formula is C7H14O3Si. The molecule has 0 saturated carbocycles. The Hall–Kier alpha value is -0.613. The lowest BCUT2D eigenvalue weighted by Gasteiger charge is -2.04. The summed E-state index contributed by atoms with van der Waals surface area (Å²) in [5.41, 5.74) is 1.19. The maximum Gasteiger partial charge on any atom is 0.335 e. The van der Waals surface area contributed by atoms with Crippen LogP contribution in [0.2, 0.25) is 0 Å². The van der Waals surface area contributed by atoms with Crippen LogP contribution in [0.25, 0.3) is 0 Å². The molecule has 0 unspecified atom stereocenters. The van der Waals surface area contributed by atoms with Crippen LogP contribution in [0.3, 0.4) is 0 Å². The first kappa shape index (κ1) is 10.4. The molecule has 0 aromatic rings. The summed E-state index contributed by atoms with van der Waals surface area (Å²) in [6.45, 7) is 3.32. The van der Waals surface area contributed by atoms with Gasteiger partial charge in [0.25, 0.3) is 0 Å². The standard InChI is InChI=1S/C7H14O3Si/c1-5(2)6(3-8)7(9)10-4-11/h8H,3-4H2,1-2,11H3. The highest BCUT2D eigenvalue weighted by Gasteiger charge is 2.09. The fourth-order valence-corrected chi connectivity index (χ4v) is 0.907. The number of aliphatic hydroxyl groups is 1. The predicted molar refractivity (Wildman–Crippen MR) is 46.4 cm³/mol. The van der Waals surface area contributed by atoms with E-state index in [1.165, 1.54) is 0 Å². The summed E-state index contributed by atoms with van der Waals surface area (Å²) < 4.78 is 4.76. The van der Waals surface area contributed by atoms with Crippen molar-refractivity contribution in [1.29, 1.82) is 0 Å². The Morgan fingerprint density at radius 1 is 1.55 bits per heavy atom. The van der Waals surface area contributed by atoms with E-state index in [9.17, 15) is 4.79 Å². The number of ether oxygens (including phenoxy) is 1. The number of aliphatic hydroxyl groups excluding tert-OH is 1. The van der Waals surface area contributed by atoms with Gasteiger partial charge in [-0.25, -0.2) is 4.79 Å². The highest BCUT2D eigenvalue weighted by Crippen LogP contribution is 2.03. The zero-order valence-corrected chi connectivity index (χ0v) is 9.18. The molecule has 0 aliphatic rings.